The Kier molecular flexibility index (Phi) is 2.33. The molecule has 0 aromatic carbocycles. The van der Waals surface area contributed by atoms with Crippen LogP contribution in [0.3, 0.4) is 0 Å². The summed E-state index contributed by atoms with van der Waals surface area (Å²) in [6.07, 6.45) is 2.42. The molecule has 0 spiro atoms. The first-order valence-corrected chi connectivity index (χ1v) is 6.20. The second-order valence-corrected chi connectivity index (χ2v) is 5.18. The molecule has 1 fully saturated rings. The SMILES string of the molecule is O=S1(=O)NCC[C@@H](c2nccs2)N1. The third-order valence-corrected chi connectivity index (χ3v) is 3.84. The number of aromatic nitrogens is 1. The molecule has 0 aliphatic carbocycles. The zero-order valence-electron chi connectivity index (χ0n) is 6.73. The number of hydrogen-bond donors (Lipinski definition) is 2. The van der Waals surface area contributed by atoms with Gasteiger partial charge in [-0.2, -0.15) is 13.1 Å². The van der Waals surface area contributed by atoms with Gasteiger partial charge in [-0.05, 0) is 6.42 Å². The van der Waals surface area contributed by atoms with Crippen LogP contribution in [0.2, 0.25) is 0 Å². The van der Waals surface area contributed by atoms with Crippen LogP contribution in [0.25, 0.3) is 0 Å². The molecule has 1 aromatic rings. The smallest absolute Gasteiger partial charge is 0.248 e. The fourth-order valence-corrected chi connectivity index (χ4v) is 3.08. The monoisotopic (exact) mass is 219 g/mol. The largest absolute Gasteiger partial charge is 0.277 e. The lowest BCUT2D eigenvalue weighted by molar-refractivity contribution is 0.493. The maximum atomic E-state index is 11.1. The van der Waals surface area contributed by atoms with E-state index in [1.54, 1.807) is 6.20 Å². The lowest BCUT2D eigenvalue weighted by Gasteiger charge is -2.21. The van der Waals surface area contributed by atoms with Crippen LogP contribution in [-0.2, 0) is 10.2 Å². The Hall–Kier alpha value is -0.500. The van der Waals surface area contributed by atoms with E-state index in [2.05, 4.69) is 14.4 Å². The summed E-state index contributed by atoms with van der Waals surface area (Å²) in [5.41, 5.74) is 0. The second-order valence-electron chi connectivity index (χ2n) is 2.73. The highest BCUT2D eigenvalue weighted by molar-refractivity contribution is 7.87. The van der Waals surface area contributed by atoms with E-state index < -0.39 is 10.2 Å². The van der Waals surface area contributed by atoms with E-state index in [0.29, 0.717) is 6.54 Å². The van der Waals surface area contributed by atoms with E-state index in [-0.39, 0.29) is 6.04 Å². The molecule has 1 atom stereocenters. The van der Waals surface area contributed by atoms with E-state index in [4.69, 9.17) is 0 Å². The van der Waals surface area contributed by atoms with Gasteiger partial charge in [0.1, 0.15) is 5.01 Å². The lowest BCUT2D eigenvalue weighted by atomic mass is 10.2. The summed E-state index contributed by atoms with van der Waals surface area (Å²) < 4.78 is 27.1. The van der Waals surface area contributed by atoms with Gasteiger partial charge in [-0.25, -0.2) is 9.71 Å². The molecular formula is C6H9N3O2S2. The Morgan fingerprint density at radius 1 is 1.62 bits per heavy atom. The average molecular weight is 219 g/mol. The van der Waals surface area contributed by atoms with Crippen LogP contribution in [0.15, 0.2) is 11.6 Å². The van der Waals surface area contributed by atoms with E-state index in [9.17, 15) is 8.42 Å². The maximum absolute atomic E-state index is 11.1. The molecule has 0 amide bonds. The molecule has 2 heterocycles. The fraction of sp³-hybridized carbons (Fsp3) is 0.500. The average Bonchev–Trinajstić information content (AvgIpc) is 2.53. The highest BCUT2D eigenvalue weighted by atomic mass is 32.2. The molecule has 7 heteroatoms. The molecule has 1 aliphatic rings. The van der Waals surface area contributed by atoms with Gasteiger partial charge in [0, 0.05) is 18.1 Å². The second kappa shape index (κ2) is 3.33. The Morgan fingerprint density at radius 2 is 2.46 bits per heavy atom. The molecule has 72 valence electrons. The molecule has 1 aliphatic heterocycles. The van der Waals surface area contributed by atoms with Gasteiger partial charge in [-0.1, -0.05) is 0 Å². The number of nitrogens with one attached hydrogen (secondary N) is 2. The van der Waals surface area contributed by atoms with Gasteiger partial charge in [0.15, 0.2) is 0 Å². The van der Waals surface area contributed by atoms with Crippen LogP contribution in [0, 0.1) is 0 Å². The van der Waals surface area contributed by atoms with Gasteiger partial charge >= 0.3 is 0 Å². The summed E-state index contributed by atoms with van der Waals surface area (Å²) in [5.74, 6) is 0. The summed E-state index contributed by atoms with van der Waals surface area (Å²) in [6.45, 7) is 0.472. The van der Waals surface area contributed by atoms with Crippen molar-refractivity contribution in [3.63, 3.8) is 0 Å². The van der Waals surface area contributed by atoms with E-state index in [1.807, 2.05) is 5.38 Å². The summed E-state index contributed by atoms with van der Waals surface area (Å²) in [5, 5.41) is 2.66. The Balaban J connectivity index is 2.18. The van der Waals surface area contributed by atoms with Crippen molar-refractivity contribution in [2.45, 2.75) is 12.5 Å². The van der Waals surface area contributed by atoms with E-state index >= 15 is 0 Å². The third kappa shape index (κ3) is 2.05. The normalized spacial score (nSPS) is 27.2. The zero-order valence-corrected chi connectivity index (χ0v) is 8.36. The van der Waals surface area contributed by atoms with E-state index in [1.165, 1.54) is 11.3 Å². The highest BCUT2D eigenvalue weighted by Crippen LogP contribution is 2.21. The van der Waals surface area contributed by atoms with E-state index in [0.717, 1.165) is 11.4 Å². The van der Waals surface area contributed by atoms with Crippen LogP contribution < -0.4 is 9.44 Å². The first-order chi connectivity index (χ1) is 6.17. The topological polar surface area (TPSA) is 71.1 Å². The van der Waals surface area contributed by atoms with Crippen molar-refractivity contribution in [1.82, 2.24) is 14.4 Å². The maximum Gasteiger partial charge on any atom is 0.277 e. The fourth-order valence-electron chi connectivity index (χ4n) is 1.21. The number of rotatable bonds is 1. The molecule has 0 radical (unpaired) electrons. The molecule has 1 aromatic heterocycles. The van der Waals surface area contributed by atoms with Crippen LogP contribution in [-0.4, -0.2) is 19.9 Å². The summed E-state index contributed by atoms with van der Waals surface area (Å²) >= 11 is 1.46. The van der Waals surface area contributed by atoms with Crippen molar-refractivity contribution in [3.05, 3.63) is 16.6 Å². The molecule has 13 heavy (non-hydrogen) atoms. The van der Waals surface area contributed by atoms with Gasteiger partial charge in [0.25, 0.3) is 10.2 Å². The van der Waals surface area contributed by atoms with Crippen molar-refractivity contribution in [1.29, 1.82) is 0 Å². The molecule has 2 N–H and O–H groups in total. The first-order valence-electron chi connectivity index (χ1n) is 3.84. The van der Waals surface area contributed by atoms with Crippen molar-refractivity contribution >= 4 is 21.5 Å². The third-order valence-electron chi connectivity index (χ3n) is 1.77. The lowest BCUT2D eigenvalue weighted by Crippen LogP contribution is -2.45. The number of nitrogens with zero attached hydrogens (tertiary/aromatic N) is 1. The van der Waals surface area contributed by atoms with Crippen molar-refractivity contribution in [2.75, 3.05) is 6.54 Å². The minimum atomic E-state index is -3.29. The first kappa shape index (κ1) is 9.07. The summed E-state index contributed by atoms with van der Waals surface area (Å²) in [6, 6.07) is -0.161. The van der Waals surface area contributed by atoms with Crippen LogP contribution in [0.4, 0.5) is 0 Å². The molecule has 5 nitrogen and oxygen atoms in total. The molecule has 2 rings (SSSR count). The van der Waals surface area contributed by atoms with Crippen LogP contribution in [0.5, 0.6) is 0 Å². The minimum Gasteiger partial charge on any atom is -0.248 e. The predicted molar refractivity (Wildman–Crippen MR) is 49.5 cm³/mol. The molecule has 0 bridgehead atoms. The quantitative estimate of drug-likeness (QED) is 0.699. The Labute approximate surface area is 80.4 Å². The standard InChI is InChI=1S/C6H9N3O2S2/c10-13(11)8-2-1-5(9-13)6-7-3-4-12-6/h3-5,8-9H,1-2H2/t5-/m0/s1. The minimum absolute atomic E-state index is 0.161. The summed E-state index contributed by atoms with van der Waals surface area (Å²) in [7, 11) is -3.29. The number of thiazole rings is 1. The zero-order chi connectivity index (χ0) is 9.31. The Morgan fingerprint density at radius 3 is 3.08 bits per heavy atom. The van der Waals surface area contributed by atoms with Gasteiger partial charge < -0.3 is 0 Å². The van der Waals surface area contributed by atoms with Crippen molar-refractivity contribution in [3.8, 4) is 0 Å². The van der Waals surface area contributed by atoms with Crippen LogP contribution >= 0.6 is 11.3 Å². The number of hydrogen-bond acceptors (Lipinski definition) is 4. The molecular weight excluding hydrogens is 210 g/mol. The van der Waals surface area contributed by atoms with Gasteiger partial charge in [-0.3, -0.25) is 0 Å². The van der Waals surface area contributed by atoms with Gasteiger partial charge in [-0.15, -0.1) is 11.3 Å². The highest BCUT2D eigenvalue weighted by Gasteiger charge is 2.25. The molecule has 0 unspecified atom stereocenters. The van der Waals surface area contributed by atoms with Gasteiger partial charge in [0.05, 0.1) is 6.04 Å². The molecule has 0 saturated carbocycles. The van der Waals surface area contributed by atoms with Crippen LogP contribution in [0.1, 0.15) is 17.5 Å². The predicted octanol–water partition coefficient (Wildman–Crippen LogP) is 0.0119. The van der Waals surface area contributed by atoms with Crippen molar-refractivity contribution < 1.29 is 8.42 Å². The van der Waals surface area contributed by atoms with Gasteiger partial charge in [0.2, 0.25) is 0 Å². The Bertz CT molecular complexity index is 373. The summed E-state index contributed by atoms with van der Waals surface area (Å²) in [4.78, 5) is 4.07. The molecule has 1 saturated heterocycles. The van der Waals surface area contributed by atoms with Crippen molar-refractivity contribution in [2.24, 2.45) is 0 Å².